The Bertz CT molecular complexity index is 549. The number of hydrogen-bond donors (Lipinski definition) is 2. The van der Waals surface area contributed by atoms with Gasteiger partial charge >= 0.3 is 0 Å². The van der Waals surface area contributed by atoms with Gasteiger partial charge in [-0.3, -0.25) is 0 Å². The molecule has 0 bridgehead atoms. The molecule has 0 aliphatic carbocycles. The first-order chi connectivity index (χ1) is 8.65. The Hall–Kier alpha value is -1.85. The van der Waals surface area contributed by atoms with Gasteiger partial charge in [0, 0.05) is 13.6 Å². The minimum atomic E-state index is -0.00857. The van der Waals surface area contributed by atoms with E-state index < -0.39 is 0 Å². The second-order valence-corrected chi connectivity index (χ2v) is 4.10. The van der Waals surface area contributed by atoms with Crippen molar-refractivity contribution in [2.24, 2.45) is 12.8 Å². The minimum absolute atomic E-state index is 0.00857. The molecule has 2 aromatic rings. The van der Waals surface area contributed by atoms with Crippen LogP contribution >= 0.6 is 0 Å². The minimum Gasteiger partial charge on any atom is -0.439 e. The number of aryl methyl sites for hydroxylation is 2. The smallest absolute Gasteiger partial charge is 0.222 e. The van der Waals surface area contributed by atoms with Gasteiger partial charge in [-0.15, -0.1) is 0 Å². The summed E-state index contributed by atoms with van der Waals surface area (Å²) in [5.74, 6) is 1.31. The van der Waals surface area contributed by atoms with Gasteiger partial charge in [0.1, 0.15) is 5.75 Å². The van der Waals surface area contributed by atoms with E-state index >= 15 is 0 Å². The molecule has 0 saturated carbocycles. The third kappa shape index (κ3) is 2.37. The van der Waals surface area contributed by atoms with Crippen molar-refractivity contribution >= 4 is 0 Å². The Balaban J connectivity index is 2.33. The fraction of sp³-hybridized carbons (Fsp3) is 0.308. The highest BCUT2D eigenvalue weighted by Crippen LogP contribution is 2.27. The van der Waals surface area contributed by atoms with Crippen LogP contribution in [0, 0.1) is 6.92 Å². The lowest BCUT2D eigenvalue weighted by atomic mass is 10.2. The molecule has 0 aliphatic heterocycles. The van der Waals surface area contributed by atoms with Gasteiger partial charge in [-0.2, -0.15) is 5.10 Å². The van der Waals surface area contributed by atoms with E-state index in [-0.39, 0.29) is 6.61 Å². The molecule has 2 rings (SSSR count). The lowest BCUT2D eigenvalue weighted by Gasteiger charge is -2.08. The molecule has 0 amide bonds. The molecule has 0 aliphatic rings. The number of nitrogens with zero attached hydrogens (tertiary/aromatic N) is 2. The molecule has 1 aromatic heterocycles. The van der Waals surface area contributed by atoms with E-state index in [2.05, 4.69) is 5.10 Å². The molecule has 0 atom stereocenters. The topological polar surface area (TPSA) is 73.3 Å². The van der Waals surface area contributed by atoms with Crippen LogP contribution in [0.4, 0.5) is 0 Å². The van der Waals surface area contributed by atoms with Crippen molar-refractivity contribution in [3.63, 3.8) is 0 Å². The maximum Gasteiger partial charge on any atom is 0.222 e. The lowest BCUT2D eigenvalue weighted by molar-refractivity contribution is 0.281. The van der Waals surface area contributed by atoms with Gasteiger partial charge in [-0.25, -0.2) is 4.68 Å². The summed E-state index contributed by atoms with van der Waals surface area (Å²) in [4.78, 5) is 0. The highest BCUT2D eigenvalue weighted by molar-refractivity contribution is 5.36. The second-order valence-electron chi connectivity index (χ2n) is 4.10. The molecular formula is C13H17N3O2. The van der Waals surface area contributed by atoms with Crippen LogP contribution in [0.25, 0.3) is 0 Å². The third-order valence-corrected chi connectivity index (χ3v) is 2.79. The largest absolute Gasteiger partial charge is 0.439 e. The molecule has 5 nitrogen and oxygen atoms in total. The van der Waals surface area contributed by atoms with E-state index in [4.69, 9.17) is 15.6 Å². The molecule has 0 fully saturated rings. The molecular weight excluding hydrogens is 230 g/mol. The van der Waals surface area contributed by atoms with Gasteiger partial charge in [0.05, 0.1) is 17.9 Å². The average molecular weight is 247 g/mol. The monoisotopic (exact) mass is 247 g/mol. The van der Waals surface area contributed by atoms with Crippen molar-refractivity contribution in [3.05, 3.63) is 41.1 Å². The summed E-state index contributed by atoms with van der Waals surface area (Å²) in [6.07, 6.45) is 0. The fourth-order valence-corrected chi connectivity index (χ4v) is 1.86. The van der Waals surface area contributed by atoms with Crippen LogP contribution < -0.4 is 10.5 Å². The quantitative estimate of drug-likeness (QED) is 0.858. The zero-order valence-electron chi connectivity index (χ0n) is 10.6. The number of aliphatic hydroxyl groups excluding tert-OH is 1. The Morgan fingerprint density at radius 2 is 2.22 bits per heavy atom. The number of nitrogens with two attached hydrogens (primary N) is 1. The first kappa shape index (κ1) is 12.6. The molecule has 5 heteroatoms. The number of rotatable bonds is 4. The zero-order chi connectivity index (χ0) is 13.1. The van der Waals surface area contributed by atoms with Gasteiger partial charge in [0.2, 0.25) is 5.88 Å². The number of hydrogen-bond acceptors (Lipinski definition) is 4. The molecule has 1 aromatic carbocycles. The van der Waals surface area contributed by atoms with Gasteiger partial charge in [0.15, 0.2) is 0 Å². The number of aromatic nitrogens is 2. The van der Waals surface area contributed by atoms with Crippen molar-refractivity contribution < 1.29 is 9.84 Å². The van der Waals surface area contributed by atoms with Crippen molar-refractivity contribution in [3.8, 4) is 11.6 Å². The van der Waals surface area contributed by atoms with Crippen molar-refractivity contribution in [2.45, 2.75) is 20.1 Å². The van der Waals surface area contributed by atoms with E-state index in [1.54, 1.807) is 10.7 Å². The maximum atomic E-state index is 9.09. The third-order valence-electron chi connectivity index (χ3n) is 2.79. The van der Waals surface area contributed by atoms with Crippen molar-refractivity contribution in [1.82, 2.24) is 9.78 Å². The fourth-order valence-electron chi connectivity index (χ4n) is 1.86. The lowest BCUT2D eigenvalue weighted by Crippen LogP contribution is -2.01. The number of aliphatic hydroxyl groups is 1. The van der Waals surface area contributed by atoms with E-state index in [0.717, 1.165) is 16.8 Å². The maximum absolute atomic E-state index is 9.09. The van der Waals surface area contributed by atoms with Gasteiger partial charge < -0.3 is 15.6 Å². The summed E-state index contributed by atoms with van der Waals surface area (Å²) in [5.41, 5.74) is 8.27. The summed E-state index contributed by atoms with van der Waals surface area (Å²) in [7, 11) is 1.82. The van der Waals surface area contributed by atoms with Crippen LogP contribution in [0.1, 0.15) is 16.8 Å². The predicted molar refractivity (Wildman–Crippen MR) is 68.3 cm³/mol. The molecule has 0 saturated heterocycles. The van der Waals surface area contributed by atoms with Crippen molar-refractivity contribution in [2.75, 3.05) is 0 Å². The van der Waals surface area contributed by atoms with Crippen LogP contribution in [0.3, 0.4) is 0 Å². The van der Waals surface area contributed by atoms with Crippen molar-refractivity contribution in [1.29, 1.82) is 0 Å². The van der Waals surface area contributed by atoms with Crippen LogP contribution in [-0.2, 0) is 20.2 Å². The normalized spacial score (nSPS) is 10.7. The molecule has 96 valence electrons. The highest BCUT2D eigenvalue weighted by Gasteiger charge is 2.13. The Morgan fingerprint density at radius 3 is 2.89 bits per heavy atom. The van der Waals surface area contributed by atoms with Crippen LogP contribution in [0.2, 0.25) is 0 Å². The first-order valence-electron chi connectivity index (χ1n) is 5.76. The summed E-state index contributed by atoms with van der Waals surface area (Å²) < 4.78 is 7.47. The van der Waals surface area contributed by atoms with Crippen LogP contribution in [-0.4, -0.2) is 14.9 Å². The molecule has 1 heterocycles. The summed E-state index contributed by atoms with van der Waals surface area (Å²) in [6.45, 7) is 2.28. The molecule has 0 unspecified atom stereocenters. The molecule has 3 N–H and O–H groups in total. The van der Waals surface area contributed by atoms with Crippen LogP contribution in [0.15, 0.2) is 24.3 Å². The molecule has 0 spiro atoms. The number of ether oxygens (including phenoxy) is 1. The van der Waals surface area contributed by atoms with E-state index in [1.807, 2.05) is 32.2 Å². The first-order valence-corrected chi connectivity index (χ1v) is 5.76. The summed E-state index contributed by atoms with van der Waals surface area (Å²) in [5, 5.41) is 13.4. The van der Waals surface area contributed by atoms with Gasteiger partial charge in [-0.05, 0) is 24.6 Å². The van der Waals surface area contributed by atoms with E-state index in [0.29, 0.717) is 18.2 Å². The Morgan fingerprint density at radius 1 is 1.44 bits per heavy atom. The summed E-state index contributed by atoms with van der Waals surface area (Å²) >= 11 is 0. The van der Waals surface area contributed by atoms with Gasteiger partial charge in [0.25, 0.3) is 0 Å². The van der Waals surface area contributed by atoms with Gasteiger partial charge in [-0.1, -0.05) is 12.1 Å². The summed E-state index contributed by atoms with van der Waals surface area (Å²) in [6, 6.07) is 7.31. The molecule has 0 radical (unpaired) electrons. The SMILES string of the molecule is Cc1nn(C)c(Oc2cccc(CO)c2)c1CN. The zero-order valence-corrected chi connectivity index (χ0v) is 10.6. The van der Waals surface area contributed by atoms with Crippen LogP contribution in [0.5, 0.6) is 11.6 Å². The Labute approximate surface area is 106 Å². The predicted octanol–water partition coefficient (Wildman–Crippen LogP) is 1.47. The standard InChI is InChI=1S/C13H17N3O2/c1-9-12(7-14)13(16(2)15-9)18-11-5-3-4-10(6-11)8-17/h3-6,17H,7-8,14H2,1-2H3. The highest BCUT2D eigenvalue weighted by atomic mass is 16.5. The number of benzene rings is 1. The molecule has 18 heavy (non-hydrogen) atoms. The second kappa shape index (κ2) is 5.20. The van der Waals surface area contributed by atoms with E-state index in [9.17, 15) is 0 Å². The van der Waals surface area contributed by atoms with E-state index in [1.165, 1.54) is 0 Å². The Kier molecular flexibility index (Phi) is 3.64. The average Bonchev–Trinajstić information content (AvgIpc) is 2.64.